The van der Waals surface area contributed by atoms with E-state index in [4.69, 9.17) is 16.7 Å². The van der Waals surface area contributed by atoms with Gasteiger partial charge in [0, 0.05) is 15.0 Å². The molecule has 0 aliphatic heterocycles. The Morgan fingerprint density at radius 1 is 1.00 bits per heavy atom. The summed E-state index contributed by atoms with van der Waals surface area (Å²) in [4.78, 5) is 11.5. The molecule has 0 aliphatic carbocycles. The minimum absolute atomic E-state index is 0.0688. The van der Waals surface area contributed by atoms with Gasteiger partial charge in [0.2, 0.25) is 0 Å². The van der Waals surface area contributed by atoms with Crippen LogP contribution in [-0.2, 0) is 16.3 Å². The number of rotatable bonds is 7. The fraction of sp³-hybridized carbons (Fsp3) is 0.125. The number of carboxylic acids is 1. The van der Waals surface area contributed by atoms with Crippen molar-refractivity contribution in [3.63, 3.8) is 0 Å². The summed E-state index contributed by atoms with van der Waals surface area (Å²) >= 11 is 7.81. The number of hydrogen-bond donors (Lipinski definition) is 1. The minimum Gasteiger partial charge on any atom is -0.478 e. The molecule has 0 radical (unpaired) electrons. The molecule has 1 aromatic heterocycles. The first-order valence-corrected chi connectivity index (χ1v) is 12.8. The summed E-state index contributed by atoms with van der Waals surface area (Å²) in [5, 5.41) is 8.92. The van der Waals surface area contributed by atoms with Crippen LogP contribution in [0.2, 0.25) is 5.02 Å². The van der Waals surface area contributed by atoms with Crippen LogP contribution in [0.25, 0.3) is 10.1 Å². The van der Waals surface area contributed by atoms with Gasteiger partial charge in [-0.25, -0.2) is 13.2 Å². The fourth-order valence-corrected chi connectivity index (χ4v) is 7.37. The van der Waals surface area contributed by atoms with E-state index in [-0.39, 0.29) is 21.9 Å². The lowest BCUT2D eigenvalue weighted by atomic mass is 10.1. The van der Waals surface area contributed by atoms with Crippen LogP contribution in [0, 0.1) is 0 Å². The molecular weight excluding hydrogens is 525 g/mol. The van der Waals surface area contributed by atoms with Gasteiger partial charge in [-0.15, -0.1) is 24.5 Å². The predicted octanol–water partition coefficient (Wildman–Crippen LogP) is 6.91. The summed E-state index contributed by atoms with van der Waals surface area (Å²) in [5.74, 6) is -1.62. The summed E-state index contributed by atoms with van der Waals surface area (Å²) in [6.07, 6.45) is -4.93. The van der Waals surface area contributed by atoms with Crippen molar-refractivity contribution in [2.45, 2.75) is 22.9 Å². The van der Waals surface area contributed by atoms with Crippen LogP contribution < -0.4 is 4.74 Å². The number of hydrogen-bond acceptors (Lipinski definition) is 5. The second-order valence-corrected chi connectivity index (χ2v) is 11.1. The smallest absolute Gasteiger partial charge is 0.478 e. The van der Waals surface area contributed by atoms with Crippen molar-refractivity contribution in [3.8, 4) is 5.75 Å². The normalized spacial score (nSPS) is 13.0. The molecule has 0 aliphatic rings. The van der Waals surface area contributed by atoms with Crippen molar-refractivity contribution >= 4 is 48.8 Å². The third-order valence-electron chi connectivity index (χ3n) is 5.23. The highest BCUT2D eigenvalue weighted by molar-refractivity contribution is 7.91. The fourth-order valence-electron chi connectivity index (χ4n) is 3.58. The Morgan fingerprint density at radius 2 is 1.63 bits per heavy atom. The van der Waals surface area contributed by atoms with E-state index in [1.807, 2.05) is 6.07 Å². The van der Waals surface area contributed by atoms with E-state index in [1.54, 1.807) is 18.2 Å². The molecule has 0 spiro atoms. The number of benzene rings is 3. The van der Waals surface area contributed by atoms with Gasteiger partial charge in [-0.05, 0) is 54.4 Å². The molecule has 35 heavy (non-hydrogen) atoms. The van der Waals surface area contributed by atoms with Crippen LogP contribution >= 0.6 is 22.9 Å². The average molecular weight is 541 g/mol. The third kappa shape index (κ3) is 5.44. The zero-order valence-electron chi connectivity index (χ0n) is 17.6. The summed E-state index contributed by atoms with van der Waals surface area (Å²) in [6, 6.07) is 16.9. The molecule has 1 N–H and O–H groups in total. The Balaban J connectivity index is 1.77. The summed E-state index contributed by atoms with van der Waals surface area (Å²) < 4.78 is 69.6. The van der Waals surface area contributed by atoms with Crippen LogP contribution in [0.3, 0.4) is 0 Å². The van der Waals surface area contributed by atoms with Gasteiger partial charge in [0.25, 0.3) is 0 Å². The molecule has 0 bridgehead atoms. The van der Waals surface area contributed by atoms with Crippen LogP contribution in [0.5, 0.6) is 5.75 Å². The van der Waals surface area contributed by atoms with Crippen LogP contribution in [0.1, 0.15) is 26.0 Å². The highest BCUT2D eigenvalue weighted by Gasteiger charge is 2.34. The quantitative estimate of drug-likeness (QED) is 0.275. The molecule has 1 unspecified atom stereocenters. The van der Waals surface area contributed by atoms with E-state index in [2.05, 4.69) is 4.74 Å². The number of alkyl halides is 3. The Hall–Kier alpha value is -3.08. The maximum Gasteiger partial charge on any atom is 0.573 e. The SMILES string of the molecule is O=C(O)c1ccc(S(=O)(=O)C(Cc2ccc(OC(F)(F)F)cc2)c2sc3ccccc3c2Cl)cc1. The van der Waals surface area contributed by atoms with Gasteiger partial charge in [0.05, 0.1) is 15.5 Å². The number of aromatic carboxylic acids is 1. The number of halogens is 4. The molecule has 1 atom stereocenters. The number of thiophene rings is 1. The van der Waals surface area contributed by atoms with E-state index < -0.39 is 33.2 Å². The monoisotopic (exact) mass is 540 g/mol. The van der Waals surface area contributed by atoms with Crippen molar-refractivity contribution in [2.75, 3.05) is 0 Å². The Bertz CT molecular complexity index is 1480. The topological polar surface area (TPSA) is 80.7 Å². The number of fused-ring (bicyclic) bond motifs is 1. The number of carbonyl (C=O) groups is 1. The van der Waals surface area contributed by atoms with E-state index in [0.29, 0.717) is 15.8 Å². The molecule has 0 saturated carbocycles. The molecule has 4 rings (SSSR count). The maximum atomic E-state index is 13.7. The van der Waals surface area contributed by atoms with Gasteiger partial charge in [-0.3, -0.25) is 0 Å². The summed E-state index contributed by atoms with van der Waals surface area (Å²) in [7, 11) is -4.08. The lowest BCUT2D eigenvalue weighted by Crippen LogP contribution is -2.17. The van der Waals surface area contributed by atoms with Crippen molar-refractivity contribution in [1.82, 2.24) is 0 Å². The van der Waals surface area contributed by atoms with Crippen LogP contribution in [-0.4, -0.2) is 25.9 Å². The van der Waals surface area contributed by atoms with Gasteiger partial charge in [0.1, 0.15) is 11.0 Å². The predicted molar refractivity (Wildman–Crippen MR) is 127 cm³/mol. The van der Waals surface area contributed by atoms with Crippen LogP contribution in [0.4, 0.5) is 13.2 Å². The van der Waals surface area contributed by atoms with Crippen molar-refractivity contribution in [2.24, 2.45) is 0 Å². The van der Waals surface area contributed by atoms with Crippen LogP contribution in [0.15, 0.2) is 77.7 Å². The Morgan fingerprint density at radius 3 is 2.20 bits per heavy atom. The highest BCUT2D eigenvalue weighted by atomic mass is 35.5. The van der Waals surface area contributed by atoms with Crippen molar-refractivity contribution < 1.29 is 36.2 Å². The van der Waals surface area contributed by atoms with Gasteiger partial charge < -0.3 is 9.84 Å². The van der Waals surface area contributed by atoms with E-state index >= 15 is 0 Å². The number of carboxylic acid groups (broad SMARTS) is 1. The summed E-state index contributed by atoms with van der Waals surface area (Å²) in [5.41, 5.74) is 0.379. The maximum absolute atomic E-state index is 13.7. The third-order valence-corrected chi connectivity index (χ3v) is 9.27. The lowest BCUT2D eigenvalue weighted by Gasteiger charge is -2.18. The lowest BCUT2D eigenvalue weighted by molar-refractivity contribution is -0.274. The Labute approximate surface area is 207 Å². The molecule has 0 saturated heterocycles. The van der Waals surface area contributed by atoms with E-state index in [1.165, 1.54) is 47.7 Å². The molecule has 0 amide bonds. The second-order valence-electron chi connectivity index (χ2n) is 7.54. The molecule has 11 heteroatoms. The highest BCUT2D eigenvalue weighted by Crippen LogP contribution is 2.44. The first-order valence-electron chi connectivity index (χ1n) is 10.0. The largest absolute Gasteiger partial charge is 0.573 e. The molecule has 1 heterocycles. The zero-order chi connectivity index (χ0) is 25.4. The van der Waals surface area contributed by atoms with Crippen molar-refractivity contribution in [3.05, 3.63) is 93.8 Å². The molecule has 3 aromatic carbocycles. The van der Waals surface area contributed by atoms with Gasteiger partial charge >= 0.3 is 12.3 Å². The molecule has 4 aromatic rings. The molecular formula is C24H16ClF3O5S2. The van der Waals surface area contributed by atoms with E-state index in [0.717, 1.165) is 16.8 Å². The molecule has 5 nitrogen and oxygen atoms in total. The number of ether oxygens (including phenoxy) is 1. The van der Waals surface area contributed by atoms with Gasteiger partial charge in [-0.2, -0.15) is 0 Å². The van der Waals surface area contributed by atoms with Crippen molar-refractivity contribution in [1.29, 1.82) is 0 Å². The Kier molecular flexibility index (Phi) is 6.81. The minimum atomic E-state index is -4.85. The molecule has 0 fully saturated rings. The van der Waals surface area contributed by atoms with Gasteiger partial charge in [0.15, 0.2) is 9.84 Å². The first kappa shape index (κ1) is 25.0. The second kappa shape index (κ2) is 9.52. The average Bonchev–Trinajstić information content (AvgIpc) is 3.13. The van der Waals surface area contributed by atoms with Gasteiger partial charge in [-0.1, -0.05) is 41.9 Å². The first-order chi connectivity index (χ1) is 16.5. The number of sulfone groups is 1. The molecule has 182 valence electrons. The summed E-state index contributed by atoms with van der Waals surface area (Å²) in [6.45, 7) is 0. The standard InChI is InChI=1S/C24H16ClF3O5S2/c25-21-18-3-1-2-4-19(18)34-22(21)20(13-14-5-9-16(10-6-14)33-24(26,27)28)35(31,32)17-11-7-15(8-12-17)23(29)30/h1-12,20H,13H2,(H,29,30). The zero-order valence-corrected chi connectivity index (χ0v) is 20.0. The van der Waals surface area contributed by atoms with E-state index in [9.17, 15) is 26.4 Å².